The lowest BCUT2D eigenvalue weighted by molar-refractivity contribution is -0.115. The van der Waals surface area contributed by atoms with Gasteiger partial charge in [-0.2, -0.15) is 0 Å². The van der Waals surface area contributed by atoms with Crippen LogP contribution in [0.5, 0.6) is 5.75 Å². The fraction of sp³-hybridized carbons (Fsp3) is 0.235. The van der Waals surface area contributed by atoms with E-state index in [1.807, 2.05) is 35.8 Å². The molecule has 140 valence electrons. The Labute approximate surface area is 164 Å². The van der Waals surface area contributed by atoms with E-state index < -0.39 is 5.91 Å². The number of nitrogens with zero attached hydrogens (tertiary/aromatic N) is 5. The van der Waals surface area contributed by atoms with E-state index in [0.717, 1.165) is 17.3 Å². The zero-order valence-corrected chi connectivity index (χ0v) is 16.2. The van der Waals surface area contributed by atoms with E-state index >= 15 is 0 Å². The maximum Gasteiger partial charge on any atom is 0.227 e. The van der Waals surface area contributed by atoms with Gasteiger partial charge >= 0.3 is 0 Å². The minimum Gasteiger partial charge on any atom is -0.494 e. The normalized spacial score (nSPS) is 10.7. The van der Waals surface area contributed by atoms with Crippen LogP contribution in [0.3, 0.4) is 0 Å². The molecule has 1 amide bonds. The summed E-state index contributed by atoms with van der Waals surface area (Å²) >= 11 is 2.71. The van der Waals surface area contributed by atoms with E-state index in [4.69, 9.17) is 10.5 Å². The summed E-state index contributed by atoms with van der Waals surface area (Å²) in [5.74, 6) is 1.76. The number of aromatic nitrogens is 5. The molecule has 2 aromatic heterocycles. The van der Waals surface area contributed by atoms with Crippen molar-refractivity contribution < 1.29 is 9.53 Å². The quantitative estimate of drug-likeness (QED) is 0.429. The van der Waals surface area contributed by atoms with Crippen LogP contribution in [0.2, 0.25) is 0 Å². The van der Waals surface area contributed by atoms with Crippen LogP contribution >= 0.6 is 23.5 Å². The van der Waals surface area contributed by atoms with Crippen LogP contribution in [0.4, 0.5) is 0 Å². The molecular weight excluding hydrogens is 384 g/mol. The maximum atomic E-state index is 11.2. The molecular formula is C17H18N6O2S2. The Morgan fingerprint density at radius 2 is 1.89 bits per heavy atom. The number of benzene rings is 1. The zero-order chi connectivity index (χ0) is 19.1. The number of hydrogen-bond acceptors (Lipinski definition) is 8. The average molecular weight is 403 g/mol. The van der Waals surface area contributed by atoms with E-state index in [0.29, 0.717) is 22.7 Å². The van der Waals surface area contributed by atoms with Crippen LogP contribution in [-0.4, -0.2) is 43.0 Å². The Bertz CT molecular complexity index is 886. The number of carbonyl (C=O) groups excluding carboxylic acids is 1. The molecule has 0 fully saturated rings. The third-order valence-corrected chi connectivity index (χ3v) is 5.15. The number of carbonyl (C=O) groups is 1. The van der Waals surface area contributed by atoms with E-state index in [2.05, 4.69) is 20.2 Å². The second-order valence-corrected chi connectivity index (χ2v) is 7.12. The van der Waals surface area contributed by atoms with Gasteiger partial charge < -0.3 is 10.5 Å². The smallest absolute Gasteiger partial charge is 0.227 e. The monoisotopic (exact) mass is 402 g/mol. The van der Waals surface area contributed by atoms with Crippen molar-refractivity contribution >= 4 is 29.4 Å². The van der Waals surface area contributed by atoms with Gasteiger partial charge in [-0.05, 0) is 37.3 Å². The van der Waals surface area contributed by atoms with Gasteiger partial charge in [-0.3, -0.25) is 9.36 Å². The van der Waals surface area contributed by atoms with Crippen molar-refractivity contribution in [2.24, 2.45) is 5.73 Å². The standard InChI is InChI=1S/C17H18N6O2S2/c1-2-25-13-6-4-12(5-7-13)23-15(11-26-16-19-8-3-9-20-16)21-22-17(23)27-10-14(18)24/h3-9H,2,10-11H2,1H3,(H2,18,24). The molecule has 2 heterocycles. The molecule has 0 saturated carbocycles. The number of rotatable bonds is 9. The number of amides is 1. The average Bonchev–Trinajstić information content (AvgIpc) is 3.09. The molecule has 0 saturated heterocycles. The van der Waals surface area contributed by atoms with Gasteiger partial charge in [-0.15, -0.1) is 10.2 Å². The highest BCUT2D eigenvalue weighted by Crippen LogP contribution is 2.26. The number of nitrogens with two attached hydrogens (primary N) is 1. The Balaban J connectivity index is 1.87. The van der Waals surface area contributed by atoms with Gasteiger partial charge in [0.05, 0.1) is 18.1 Å². The highest BCUT2D eigenvalue weighted by Gasteiger charge is 2.16. The van der Waals surface area contributed by atoms with Crippen molar-refractivity contribution in [3.05, 3.63) is 48.5 Å². The molecule has 0 radical (unpaired) electrons. The minimum absolute atomic E-state index is 0.129. The first-order valence-electron chi connectivity index (χ1n) is 8.16. The molecule has 0 spiro atoms. The molecule has 0 aliphatic carbocycles. The van der Waals surface area contributed by atoms with Gasteiger partial charge in [0, 0.05) is 18.1 Å². The Hall–Kier alpha value is -2.59. The number of primary amides is 1. The summed E-state index contributed by atoms with van der Waals surface area (Å²) in [7, 11) is 0. The largest absolute Gasteiger partial charge is 0.494 e. The first kappa shape index (κ1) is 19.2. The molecule has 2 N–H and O–H groups in total. The predicted octanol–water partition coefficient (Wildman–Crippen LogP) is 2.33. The third-order valence-electron chi connectivity index (χ3n) is 3.32. The highest BCUT2D eigenvalue weighted by atomic mass is 32.2. The van der Waals surface area contributed by atoms with Crippen molar-refractivity contribution in [3.63, 3.8) is 0 Å². The number of hydrogen-bond donors (Lipinski definition) is 1. The van der Waals surface area contributed by atoms with Gasteiger partial charge in [0.15, 0.2) is 10.3 Å². The summed E-state index contributed by atoms with van der Waals surface area (Å²) in [5, 5.41) is 9.75. The molecule has 10 heteroatoms. The second kappa shape index (κ2) is 9.38. The summed E-state index contributed by atoms with van der Waals surface area (Å²) in [6.07, 6.45) is 3.39. The van der Waals surface area contributed by atoms with Crippen molar-refractivity contribution in [2.75, 3.05) is 12.4 Å². The van der Waals surface area contributed by atoms with Crippen LogP contribution < -0.4 is 10.5 Å². The fourth-order valence-electron chi connectivity index (χ4n) is 2.23. The number of ether oxygens (including phenoxy) is 1. The van der Waals surface area contributed by atoms with E-state index in [9.17, 15) is 4.79 Å². The lowest BCUT2D eigenvalue weighted by atomic mass is 10.3. The molecule has 8 nitrogen and oxygen atoms in total. The molecule has 0 bridgehead atoms. The summed E-state index contributed by atoms with van der Waals surface area (Å²) in [6.45, 7) is 2.54. The van der Waals surface area contributed by atoms with Crippen molar-refractivity contribution in [2.45, 2.75) is 23.0 Å². The van der Waals surface area contributed by atoms with Gasteiger partial charge in [-0.1, -0.05) is 23.5 Å². The lowest BCUT2D eigenvalue weighted by Crippen LogP contribution is -2.14. The summed E-state index contributed by atoms with van der Waals surface area (Å²) in [4.78, 5) is 19.6. The molecule has 0 aliphatic heterocycles. The first-order chi connectivity index (χ1) is 13.2. The SMILES string of the molecule is CCOc1ccc(-n2c(CSc3ncccn3)nnc2SCC(N)=O)cc1. The molecule has 1 aromatic carbocycles. The molecule has 3 aromatic rings. The summed E-state index contributed by atoms with van der Waals surface area (Å²) in [6, 6.07) is 9.40. The molecule has 27 heavy (non-hydrogen) atoms. The zero-order valence-electron chi connectivity index (χ0n) is 14.6. The lowest BCUT2D eigenvalue weighted by Gasteiger charge is -2.11. The van der Waals surface area contributed by atoms with Crippen LogP contribution in [0.25, 0.3) is 5.69 Å². The Morgan fingerprint density at radius 1 is 1.15 bits per heavy atom. The maximum absolute atomic E-state index is 11.2. The van der Waals surface area contributed by atoms with Crippen molar-refractivity contribution in [1.82, 2.24) is 24.7 Å². The molecule has 0 atom stereocenters. The van der Waals surface area contributed by atoms with Crippen LogP contribution in [0.15, 0.2) is 53.0 Å². The van der Waals surface area contributed by atoms with E-state index in [1.165, 1.54) is 23.5 Å². The summed E-state index contributed by atoms with van der Waals surface area (Å²) < 4.78 is 7.40. The van der Waals surface area contributed by atoms with Crippen molar-refractivity contribution in [3.8, 4) is 11.4 Å². The van der Waals surface area contributed by atoms with Crippen LogP contribution in [0, 0.1) is 0 Å². The summed E-state index contributed by atoms with van der Waals surface area (Å²) in [5.41, 5.74) is 6.14. The van der Waals surface area contributed by atoms with Crippen LogP contribution in [-0.2, 0) is 10.5 Å². The van der Waals surface area contributed by atoms with Gasteiger partial charge in [0.25, 0.3) is 0 Å². The topological polar surface area (TPSA) is 109 Å². The van der Waals surface area contributed by atoms with Gasteiger partial charge in [-0.25, -0.2) is 9.97 Å². The van der Waals surface area contributed by atoms with Gasteiger partial charge in [0.2, 0.25) is 5.91 Å². The first-order valence-corrected chi connectivity index (χ1v) is 10.1. The Morgan fingerprint density at radius 3 is 2.56 bits per heavy atom. The van der Waals surface area contributed by atoms with Crippen LogP contribution in [0.1, 0.15) is 12.7 Å². The van der Waals surface area contributed by atoms with E-state index in [1.54, 1.807) is 18.5 Å². The second-order valence-electron chi connectivity index (χ2n) is 5.24. The number of thioether (sulfide) groups is 2. The fourth-order valence-corrected chi connectivity index (χ4v) is 3.66. The van der Waals surface area contributed by atoms with Gasteiger partial charge in [0.1, 0.15) is 11.6 Å². The molecule has 0 aliphatic rings. The molecule has 3 rings (SSSR count). The Kier molecular flexibility index (Phi) is 6.66. The molecule has 0 unspecified atom stereocenters. The predicted molar refractivity (Wildman–Crippen MR) is 104 cm³/mol. The minimum atomic E-state index is -0.408. The van der Waals surface area contributed by atoms with Crippen molar-refractivity contribution in [1.29, 1.82) is 0 Å². The third kappa shape index (κ3) is 5.20. The van der Waals surface area contributed by atoms with E-state index in [-0.39, 0.29) is 5.75 Å². The highest BCUT2D eigenvalue weighted by molar-refractivity contribution is 7.99.